The number of alkyl halides is 2. The van der Waals surface area contributed by atoms with Crippen LogP contribution in [0.15, 0.2) is 18.3 Å². The highest BCUT2D eigenvalue weighted by Gasteiger charge is 2.30. The van der Waals surface area contributed by atoms with Gasteiger partial charge >= 0.3 is 11.9 Å². The van der Waals surface area contributed by atoms with Gasteiger partial charge in [-0.05, 0) is 12.1 Å². The molecule has 0 aliphatic heterocycles. The van der Waals surface area contributed by atoms with E-state index in [9.17, 15) is 23.2 Å². The lowest BCUT2D eigenvalue weighted by molar-refractivity contribution is -0.156. The van der Waals surface area contributed by atoms with Gasteiger partial charge in [0.25, 0.3) is 6.43 Å². The van der Waals surface area contributed by atoms with Crippen LogP contribution in [0.3, 0.4) is 0 Å². The van der Waals surface area contributed by atoms with Crippen molar-refractivity contribution in [3.05, 3.63) is 29.6 Å². The van der Waals surface area contributed by atoms with E-state index in [1.165, 1.54) is 0 Å². The lowest BCUT2D eigenvalue weighted by Gasteiger charge is -2.09. The summed E-state index contributed by atoms with van der Waals surface area (Å²) < 4.78 is 28.8. The smallest absolute Gasteiger partial charge is 0.320 e. The van der Waals surface area contributed by atoms with Crippen LogP contribution in [0.1, 0.15) is 28.9 Å². The Morgan fingerprint density at radius 3 is 2.40 bits per heavy atom. The minimum absolute atomic E-state index is 0.0513. The second-order valence-electron chi connectivity index (χ2n) is 3.81. The molecule has 0 aliphatic carbocycles. The van der Waals surface area contributed by atoms with Crippen molar-refractivity contribution in [3.63, 3.8) is 0 Å². The van der Waals surface area contributed by atoms with Crippen molar-refractivity contribution in [1.82, 2.24) is 4.98 Å². The number of carboxylic acid groups (broad SMARTS) is 1. The van der Waals surface area contributed by atoms with E-state index >= 15 is 0 Å². The Balaban J connectivity index is 2.84. The number of esters is 1. The molecule has 0 radical (unpaired) electrons. The van der Waals surface area contributed by atoms with E-state index in [2.05, 4.69) is 9.72 Å². The number of carboxylic acids is 1. The Morgan fingerprint density at radius 2 is 2.00 bits per heavy atom. The molecule has 0 saturated carbocycles. The van der Waals surface area contributed by atoms with E-state index in [1.807, 2.05) is 0 Å². The summed E-state index contributed by atoms with van der Waals surface area (Å²) in [6.07, 6.45) is -2.47. The van der Waals surface area contributed by atoms with Crippen LogP contribution in [0.25, 0.3) is 0 Å². The van der Waals surface area contributed by atoms with Crippen LogP contribution in [-0.4, -0.2) is 34.9 Å². The van der Waals surface area contributed by atoms with Crippen molar-refractivity contribution in [2.45, 2.75) is 12.8 Å². The molecule has 1 N–H and O–H groups in total. The lowest BCUT2D eigenvalue weighted by Crippen LogP contribution is -2.27. The molecule has 1 atom stereocenters. The first kappa shape index (κ1) is 15.7. The fourth-order valence-electron chi connectivity index (χ4n) is 1.42. The van der Waals surface area contributed by atoms with Crippen LogP contribution in [0.2, 0.25) is 0 Å². The SMILES string of the molecule is COC(=O)C(CC(=O)c1ccc(C(F)F)nc1)C(=O)O. The van der Waals surface area contributed by atoms with Gasteiger partial charge in [0.15, 0.2) is 11.7 Å². The number of Topliss-reactive ketones (excluding diaryl/α,β-unsaturated/α-hetero) is 1. The first-order valence-electron chi connectivity index (χ1n) is 5.44. The summed E-state index contributed by atoms with van der Waals surface area (Å²) in [5.74, 6) is -4.89. The molecular formula is C12H11F2NO5. The number of carbonyl (C=O) groups is 3. The molecule has 1 aromatic rings. The number of aliphatic carboxylic acids is 1. The van der Waals surface area contributed by atoms with E-state index in [4.69, 9.17) is 5.11 Å². The van der Waals surface area contributed by atoms with Gasteiger partial charge in [0.05, 0.1) is 7.11 Å². The van der Waals surface area contributed by atoms with E-state index in [-0.39, 0.29) is 5.56 Å². The van der Waals surface area contributed by atoms with Gasteiger partial charge in [-0.15, -0.1) is 0 Å². The summed E-state index contributed by atoms with van der Waals surface area (Å²) in [5, 5.41) is 8.82. The zero-order chi connectivity index (χ0) is 15.3. The number of ether oxygens (including phenoxy) is 1. The van der Waals surface area contributed by atoms with Gasteiger partial charge in [0.1, 0.15) is 5.69 Å². The highest BCUT2D eigenvalue weighted by Crippen LogP contribution is 2.17. The Labute approximate surface area is 112 Å². The predicted octanol–water partition coefficient (Wildman–Crippen LogP) is 1.47. The van der Waals surface area contributed by atoms with Crippen LogP contribution >= 0.6 is 0 Å². The molecule has 0 aromatic carbocycles. The molecule has 6 nitrogen and oxygen atoms in total. The molecule has 0 fully saturated rings. The molecule has 8 heteroatoms. The van der Waals surface area contributed by atoms with Crippen molar-refractivity contribution in [2.24, 2.45) is 5.92 Å². The molecule has 1 heterocycles. The van der Waals surface area contributed by atoms with E-state index in [1.54, 1.807) is 0 Å². The average Bonchev–Trinajstić information content (AvgIpc) is 2.43. The molecule has 1 rings (SSSR count). The number of ketones is 1. The van der Waals surface area contributed by atoms with Crippen LogP contribution in [0.5, 0.6) is 0 Å². The molecule has 1 aromatic heterocycles. The van der Waals surface area contributed by atoms with Gasteiger partial charge in [0, 0.05) is 18.2 Å². The lowest BCUT2D eigenvalue weighted by atomic mass is 9.99. The molecule has 0 bridgehead atoms. The van der Waals surface area contributed by atoms with Gasteiger partial charge in [-0.2, -0.15) is 0 Å². The van der Waals surface area contributed by atoms with Crippen molar-refractivity contribution >= 4 is 17.7 Å². The van der Waals surface area contributed by atoms with E-state index < -0.39 is 42.2 Å². The minimum Gasteiger partial charge on any atom is -0.481 e. The number of aromatic nitrogens is 1. The number of nitrogens with zero attached hydrogens (tertiary/aromatic N) is 1. The Bertz CT molecular complexity index is 515. The number of halogens is 2. The molecule has 0 saturated heterocycles. The third-order valence-corrected chi connectivity index (χ3v) is 2.51. The monoisotopic (exact) mass is 287 g/mol. The van der Waals surface area contributed by atoms with Crippen LogP contribution in [0, 0.1) is 5.92 Å². The Kier molecular flexibility index (Phi) is 5.24. The largest absolute Gasteiger partial charge is 0.481 e. The zero-order valence-electron chi connectivity index (χ0n) is 10.4. The predicted molar refractivity (Wildman–Crippen MR) is 61.3 cm³/mol. The van der Waals surface area contributed by atoms with Crippen LogP contribution in [-0.2, 0) is 14.3 Å². The third kappa shape index (κ3) is 3.81. The number of carbonyl (C=O) groups excluding carboxylic acids is 2. The first-order valence-corrected chi connectivity index (χ1v) is 5.44. The molecule has 0 amide bonds. The Hall–Kier alpha value is -2.38. The highest BCUT2D eigenvalue weighted by molar-refractivity contribution is 6.03. The average molecular weight is 287 g/mol. The summed E-state index contributed by atoms with van der Waals surface area (Å²) in [4.78, 5) is 37.2. The quantitative estimate of drug-likeness (QED) is 0.483. The summed E-state index contributed by atoms with van der Waals surface area (Å²) >= 11 is 0. The number of hydrogen-bond donors (Lipinski definition) is 1. The van der Waals surface area contributed by atoms with Gasteiger partial charge < -0.3 is 9.84 Å². The maximum absolute atomic E-state index is 12.3. The molecular weight excluding hydrogens is 276 g/mol. The van der Waals surface area contributed by atoms with Gasteiger partial charge in [0.2, 0.25) is 0 Å². The highest BCUT2D eigenvalue weighted by atomic mass is 19.3. The maximum atomic E-state index is 12.3. The molecule has 1 unspecified atom stereocenters. The van der Waals surface area contributed by atoms with Crippen molar-refractivity contribution in [2.75, 3.05) is 7.11 Å². The standard InChI is InChI=1S/C12H11F2NO5/c1-20-12(19)7(11(17)18)4-9(16)6-2-3-8(10(13)14)15-5-6/h2-3,5,7,10H,4H2,1H3,(H,17,18). The van der Waals surface area contributed by atoms with Gasteiger partial charge in [-0.3, -0.25) is 19.4 Å². The summed E-state index contributed by atoms with van der Waals surface area (Å²) in [6.45, 7) is 0. The van der Waals surface area contributed by atoms with Crippen LogP contribution < -0.4 is 0 Å². The third-order valence-electron chi connectivity index (χ3n) is 2.51. The van der Waals surface area contributed by atoms with E-state index in [0.29, 0.717) is 0 Å². The number of hydrogen-bond acceptors (Lipinski definition) is 5. The maximum Gasteiger partial charge on any atom is 0.320 e. The number of rotatable bonds is 6. The first-order chi connectivity index (χ1) is 9.36. The topological polar surface area (TPSA) is 93.6 Å². The minimum atomic E-state index is -2.76. The van der Waals surface area contributed by atoms with E-state index in [0.717, 1.165) is 25.4 Å². The molecule has 108 valence electrons. The van der Waals surface area contributed by atoms with Gasteiger partial charge in [-0.25, -0.2) is 8.78 Å². The Morgan fingerprint density at radius 1 is 1.35 bits per heavy atom. The normalized spacial score (nSPS) is 12.0. The van der Waals surface area contributed by atoms with Crippen molar-refractivity contribution in [1.29, 1.82) is 0 Å². The molecule has 0 spiro atoms. The zero-order valence-corrected chi connectivity index (χ0v) is 10.4. The summed E-state index contributed by atoms with van der Waals surface area (Å²) in [6, 6.07) is 2.07. The van der Waals surface area contributed by atoms with Crippen LogP contribution in [0.4, 0.5) is 8.78 Å². The second-order valence-corrected chi connectivity index (χ2v) is 3.81. The fourth-order valence-corrected chi connectivity index (χ4v) is 1.42. The summed E-state index contributed by atoms with van der Waals surface area (Å²) in [5.41, 5.74) is -0.547. The van der Waals surface area contributed by atoms with Gasteiger partial charge in [-0.1, -0.05) is 0 Å². The second kappa shape index (κ2) is 6.69. The fraction of sp³-hybridized carbons (Fsp3) is 0.333. The van der Waals surface area contributed by atoms with Crippen molar-refractivity contribution < 1.29 is 33.0 Å². The molecule has 20 heavy (non-hydrogen) atoms. The summed E-state index contributed by atoms with van der Waals surface area (Å²) in [7, 11) is 1.00. The van der Waals surface area contributed by atoms with Crippen molar-refractivity contribution in [3.8, 4) is 0 Å². The molecule has 0 aliphatic rings. The number of methoxy groups -OCH3 is 1. The number of pyridine rings is 1.